The fourth-order valence-electron chi connectivity index (χ4n) is 0.655. The second-order valence-corrected chi connectivity index (χ2v) is 2.80. The summed E-state index contributed by atoms with van der Waals surface area (Å²) >= 11 is 0. The average molecular weight is 229 g/mol. The lowest BCUT2D eigenvalue weighted by atomic mass is 10.2. The minimum atomic E-state index is -1.55. The van der Waals surface area contributed by atoms with E-state index in [1.54, 1.807) is 0 Å². The maximum absolute atomic E-state index is 9.76. The molecule has 0 N–H and O–H groups in total. The molecule has 0 saturated heterocycles. The average Bonchev–Trinajstić information content (AvgIpc) is 2.16. The molecule has 0 aromatic carbocycles. The summed E-state index contributed by atoms with van der Waals surface area (Å²) in [5.74, 6) is -4.03. The van der Waals surface area contributed by atoms with Crippen molar-refractivity contribution in [2.45, 2.75) is 32.6 Å². The number of aliphatic carboxylic acids is 3. The summed E-state index contributed by atoms with van der Waals surface area (Å²) in [6.07, 6.45) is 3.80. The van der Waals surface area contributed by atoms with E-state index in [0.717, 1.165) is 19.3 Å². The highest BCUT2D eigenvalue weighted by atomic mass is 16.4. The van der Waals surface area contributed by atoms with E-state index in [2.05, 4.69) is 0 Å². The van der Waals surface area contributed by atoms with Gasteiger partial charge in [-0.1, -0.05) is 19.8 Å². The normalized spacial score (nSPS) is 9.31. The van der Waals surface area contributed by atoms with Crippen LogP contribution in [0.1, 0.15) is 32.6 Å². The van der Waals surface area contributed by atoms with Gasteiger partial charge < -0.3 is 29.7 Å². The molecule has 92 valence electrons. The van der Waals surface area contributed by atoms with Crippen LogP contribution in [0.2, 0.25) is 0 Å². The van der Waals surface area contributed by atoms with E-state index in [1.165, 1.54) is 0 Å². The highest BCUT2D eigenvalue weighted by Crippen LogP contribution is 1.96. The monoisotopic (exact) mass is 229 g/mol. The first-order chi connectivity index (χ1) is 7.40. The zero-order chi connectivity index (χ0) is 13.0. The smallest absolute Gasteiger partial charge is 0.0643 e. The van der Waals surface area contributed by atoms with Crippen molar-refractivity contribution < 1.29 is 29.7 Å². The number of carboxylic acids is 3. The molecule has 0 aliphatic heterocycles. The van der Waals surface area contributed by atoms with Crippen molar-refractivity contribution in [2.75, 3.05) is 0 Å². The third-order valence-electron chi connectivity index (χ3n) is 1.34. The van der Waals surface area contributed by atoms with Crippen molar-refractivity contribution in [2.24, 2.45) is 0 Å². The fourth-order valence-corrected chi connectivity index (χ4v) is 0.655. The molecule has 6 heteroatoms. The Morgan fingerprint density at radius 1 is 0.938 bits per heavy atom. The van der Waals surface area contributed by atoms with Gasteiger partial charge in [0.15, 0.2) is 0 Å². The van der Waals surface area contributed by atoms with Crippen molar-refractivity contribution in [3.8, 4) is 0 Å². The number of rotatable bonds is 6. The summed E-state index contributed by atoms with van der Waals surface area (Å²) in [7, 11) is 0. The molecule has 0 rings (SSSR count). The summed E-state index contributed by atoms with van der Waals surface area (Å²) in [4.78, 5) is 28.6. The molecule has 0 spiro atoms. The number of unbranched alkanes of at least 4 members (excludes halogenated alkanes) is 2. The maximum atomic E-state index is 9.76. The van der Waals surface area contributed by atoms with Gasteiger partial charge in [0, 0.05) is 5.97 Å². The van der Waals surface area contributed by atoms with Gasteiger partial charge in [0.1, 0.15) is 0 Å². The molecule has 0 fully saturated rings. The van der Waals surface area contributed by atoms with Crippen LogP contribution in [0.25, 0.3) is 0 Å². The number of carboxylic acid groups (broad SMARTS) is 3. The zero-order valence-corrected chi connectivity index (χ0v) is 8.93. The van der Waals surface area contributed by atoms with E-state index < -0.39 is 17.9 Å². The quantitative estimate of drug-likeness (QED) is 0.362. The third kappa shape index (κ3) is 22.7. The van der Waals surface area contributed by atoms with Crippen molar-refractivity contribution >= 4 is 17.9 Å². The summed E-state index contributed by atoms with van der Waals surface area (Å²) < 4.78 is 0. The summed E-state index contributed by atoms with van der Waals surface area (Å²) in [6, 6.07) is 0. The number of carbonyl (C=O) groups excluding carboxylic acids is 3. The van der Waals surface area contributed by atoms with Gasteiger partial charge in [0.2, 0.25) is 0 Å². The van der Waals surface area contributed by atoms with Crippen LogP contribution in [-0.2, 0) is 14.4 Å². The van der Waals surface area contributed by atoms with Gasteiger partial charge in [-0.3, -0.25) is 0 Å². The van der Waals surface area contributed by atoms with Crippen LogP contribution in [0.3, 0.4) is 0 Å². The molecule has 0 atom stereocenters. The van der Waals surface area contributed by atoms with Crippen LogP contribution in [-0.4, -0.2) is 17.9 Å². The Bertz CT molecular complexity index is 240. The van der Waals surface area contributed by atoms with Gasteiger partial charge in [-0.15, -0.1) is 0 Å². The van der Waals surface area contributed by atoms with Gasteiger partial charge in [-0.05, 0) is 25.0 Å². The van der Waals surface area contributed by atoms with E-state index in [9.17, 15) is 29.7 Å². The Hall–Kier alpha value is -1.85. The molecule has 0 aliphatic rings. The van der Waals surface area contributed by atoms with Crippen LogP contribution in [0.5, 0.6) is 0 Å². The Morgan fingerprint density at radius 2 is 1.38 bits per heavy atom. The first kappa shape index (κ1) is 16.6. The highest BCUT2D eigenvalue weighted by molar-refractivity contribution is 5.87. The van der Waals surface area contributed by atoms with Crippen molar-refractivity contribution in [3.63, 3.8) is 0 Å². The van der Waals surface area contributed by atoms with E-state index in [4.69, 9.17) is 0 Å². The van der Waals surface area contributed by atoms with E-state index in [0.29, 0.717) is 12.2 Å². The summed E-state index contributed by atoms with van der Waals surface area (Å²) in [6.45, 7) is 2.04. The van der Waals surface area contributed by atoms with Crippen molar-refractivity contribution in [3.05, 3.63) is 12.2 Å². The molecule has 16 heavy (non-hydrogen) atoms. The lowest BCUT2D eigenvalue weighted by Crippen LogP contribution is -2.23. The standard InChI is InChI=1S/C6H12O2.C4H4O4/c1-2-3-4-5-6(7)8;5-3(6)1-2-4(7)8/h2-5H2,1H3,(H,7,8);1-2H,(H,5,6)(H,7,8)/p-3/b;2-1+. The molecule has 0 bridgehead atoms. The largest absolute Gasteiger partial charge is 0.550 e. The molecule has 0 aromatic heterocycles. The molecule has 0 aromatic rings. The van der Waals surface area contributed by atoms with Gasteiger partial charge >= 0.3 is 0 Å². The van der Waals surface area contributed by atoms with Gasteiger partial charge in [-0.25, -0.2) is 0 Å². The molecule has 0 aliphatic carbocycles. The van der Waals surface area contributed by atoms with Crippen molar-refractivity contribution in [1.82, 2.24) is 0 Å². The first-order valence-electron chi connectivity index (χ1n) is 4.70. The van der Waals surface area contributed by atoms with E-state index >= 15 is 0 Å². The van der Waals surface area contributed by atoms with Crippen molar-refractivity contribution in [1.29, 1.82) is 0 Å². The van der Waals surface area contributed by atoms with Gasteiger partial charge in [-0.2, -0.15) is 0 Å². The molecule has 0 unspecified atom stereocenters. The van der Waals surface area contributed by atoms with E-state index in [1.807, 2.05) is 6.92 Å². The summed E-state index contributed by atoms with van der Waals surface area (Å²) in [5, 5.41) is 28.6. The van der Waals surface area contributed by atoms with Gasteiger partial charge in [0.05, 0.1) is 11.9 Å². The Balaban J connectivity index is 0. The maximum Gasteiger partial charge on any atom is 0.0643 e. The lowest BCUT2D eigenvalue weighted by Gasteiger charge is -1.97. The Morgan fingerprint density at radius 3 is 1.62 bits per heavy atom. The zero-order valence-electron chi connectivity index (χ0n) is 8.93. The fraction of sp³-hybridized carbons (Fsp3) is 0.500. The topological polar surface area (TPSA) is 120 Å². The molecule has 0 heterocycles. The van der Waals surface area contributed by atoms with Crippen LogP contribution < -0.4 is 15.3 Å². The molecule has 0 radical (unpaired) electrons. The predicted octanol–water partition coefficient (Wildman–Crippen LogP) is -2.64. The lowest BCUT2D eigenvalue weighted by molar-refractivity contribution is -0.306. The first-order valence-corrected chi connectivity index (χ1v) is 4.70. The summed E-state index contributed by atoms with van der Waals surface area (Å²) in [5.41, 5.74) is 0. The second-order valence-electron chi connectivity index (χ2n) is 2.80. The van der Waals surface area contributed by atoms with Crippen LogP contribution >= 0.6 is 0 Å². The number of hydrogen-bond donors (Lipinski definition) is 0. The molecular formula is C10H13O6-3. The van der Waals surface area contributed by atoms with Crippen LogP contribution in [0.15, 0.2) is 12.2 Å². The minimum Gasteiger partial charge on any atom is -0.550 e. The molecule has 6 nitrogen and oxygen atoms in total. The van der Waals surface area contributed by atoms with Crippen LogP contribution in [0.4, 0.5) is 0 Å². The second kappa shape index (κ2) is 11.2. The van der Waals surface area contributed by atoms with E-state index in [-0.39, 0.29) is 6.42 Å². The van der Waals surface area contributed by atoms with Crippen LogP contribution in [0, 0.1) is 0 Å². The third-order valence-corrected chi connectivity index (χ3v) is 1.34. The SMILES string of the molecule is CCCCCC(=O)[O-].O=C([O-])/C=C/C(=O)[O-]. The molecule has 0 amide bonds. The Kier molecular flexibility index (Phi) is 11.6. The Labute approximate surface area is 93.2 Å². The predicted molar refractivity (Wildman–Crippen MR) is 48.3 cm³/mol. The molecule has 0 saturated carbocycles. The minimum absolute atomic E-state index is 0.216. The highest BCUT2D eigenvalue weighted by Gasteiger charge is 1.84. The van der Waals surface area contributed by atoms with Gasteiger partial charge in [0.25, 0.3) is 0 Å². The number of hydrogen-bond acceptors (Lipinski definition) is 6. The number of carbonyl (C=O) groups is 3. The molecular weight excluding hydrogens is 216 g/mol.